The van der Waals surface area contributed by atoms with Crippen molar-refractivity contribution in [3.8, 4) is 0 Å². The van der Waals surface area contributed by atoms with Crippen molar-refractivity contribution in [1.29, 1.82) is 0 Å². The summed E-state index contributed by atoms with van der Waals surface area (Å²) in [4.78, 5) is 38.5. The molecule has 8 nitrogen and oxygen atoms in total. The van der Waals surface area contributed by atoms with Crippen molar-refractivity contribution in [2.75, 3.05) is 13.1 Å². The Morgan fingerprint density at radius 1 is 1.06 bits per heavy atom. The Balaban J connectivity index is 1.20. The average Bonchev–Trinajstić information content (AvgIpc) is 3.10. The van der Waals surface area contributed by atoms with E-state index in [-0.39, 0.29) is 30.3 Å². The van der Waals surface area contributed by atoms with Gasteiger partial charge in [-0.05, 0) is 75.5 Å². The van der Waals surface area contributed by atoms with E-state index in [2.05, 4.69) is 10.4 Å². The third kappa shape index (κ3) is 3.85. The first-order valence-corrected chi connectivity index (χ1v) is 11.7. The molecule has 4 aliphatic carbocycles. The van der Waals surface area contributed by atoms with Crippen LogP contribution < -0.4 is 5.32 Å². The molecule has 0 radical (unpaired) electrons. The number of carbonyl (C=O) groups is 3. The van der Waals surface area contributed by atoms with Gasteiger partial charge in [0.15, 0.2) is 0 Å². The van der Waals surface area contributed by atoms with Crippen LogP contribution in [0.2, 0.25) is 0 Å². The van der Waals surface area contributed by atoms with E-state index in [0.717, 1.165) is 11.8 Å². The minimum atomic E-state index is -0.787. The van der Waals surface area contributed by atoms with Gasteiger partial charge in [-0.1, -0.05) is 0 Å². The lowest BCUT2D eigenvalue weighted by molar-refractivity contribution is -0.145. The molecular weight excluding hydrogens is 396 g/mol. The number of rotatable bonds is 5. The Bertz CT molecular complexity index is 858. The molecule has 0 aromatic carbocycles. The minimum Gasteiger partial charge on any atom is -0.481 e. The van der Waals surface area contributed by atoms with Crippen LogP contribution in [0.15, 0.2) is 6.20 Å². The highest BCUT2D eigenvalue weighted by Gasteiger charge is 2.48. The quantitative estimate of drug-likeness (QED) is 0.747. The Kier molecular flexibility index (Phi) is 5.26. The van der Waals surface area contributed by atoms with E-state index >= 15 is 0 Å². The van der Waals surface area contributed by atoms with E-state index in [1.165, 1.54) is 32.1 Å². The van der Waals surface area contributed by atoms with Crippen LogP contribution in [0.5, 0.6) is 0 Å². The van der Waals surface area contributed by atoms with Crippen LogP contribution in [-0.2, 0) is 16.1 Å². The molecule has 1 aromatic heterocycles. The van der Waals surface area contributed by atoms with E-state index in [4.69, 9.17) is 5.11 Å². The van der Waals surface area contributed by atoms with E-state index in [9.17, 15) is 14.4 Å². The van der Waals surface area contributed by atoms with Gasteiger partial charge in [0.2, 0.25) is 5.91 Å². The molecule has 8 heteroatoms. The number of carboxylic acid groups (broad SMARTS) is 1. The third-order valence-corrected chi connectivity index (χ3v) is 8.35. The van der Waals surface area contributed by atoms with Gasteiger partial charge in [0.1, 0.15) is 6.54 Å². The lowest BCUT2D eigenvalue weighted by Crippen LogP contribution is -2.55. The molecular formula is C23H32N4O4. The predicted octanol–water partition coefficient (Wildman–Crippen LogP) is 2.07. The van der Waals surface area contributed by atoms with Crippen molar-refractivity contribution < 1.29 is 19.5 Å². The fourth-order valence-electron chi connectivity index (χ4n) is 6.82. The van der Waals surface area contributed by atoms with Crippen LogP contribution >= 0.6 is 0 Å². The Labute approximate surface area is 182 Å². The van der Waals surface area contributed by atoms with Crippen LogP contribution in [0.25, 0.3) is 0 Å². The second-order valence-electron chi connectivity index (χ2n) is 10.2. The highest BCUT2D eigenvalue weighted by molar-refractivity contribution is 5.95. The number of hydrogen-bond donors (Lipinski definition) is 2. The summed E-state index contributed by atoms with van der Waals surface area (Å²) in [5.74, 6) is 1.66. The zero-order chi connectivity index (χ0) is 21.7. The van der Waals surface area contributed by atoms with Gasteiger partial charge >= 0.3 is 5.97 Å². The normalized spacial score (nSPS) is 32.3. The van der Waals surface area contributed by atoms with Gasteiger partial charge in [-0.2, -0.15) is 5.10 Å². The van der Waals surface area contributed by atoms with Crippen LogP contribution in [-0.4, -0.2) is 56.7 Å². The molecule has 1 aromatic rings. The first kappa shape index (κ1) is 20.5. The number of nitrogens with zero attached hydrogens (tertiary/aromatic N) is 3. The molecule has 0 atom stereocenters. The van der Waals surface area contributed by atoms with E-state index in [1.54, 1.807) is 15.8 Å². The van der Waals surface area contributed by atoms with Gasteiger partial charge in [-0.3, -0.25) is 19.1 Å². The molecule has 5 aliphatic rings. The number of carboxylic acids is 1. The van der Waals surface area contributed by atoms with E-state index in [1.807, 2.05) is 6.92 Å². The van der Waals surface area contributed by atoms with Gasteiger partial charge < -0.3 is 15.3 Å². The number of aliphatic carboxylic acids is 1. The lowest BCUT2D eigenvalue weighted by Gasteiger charge is -2.54. The molecule has 4 saturated carbocycles. The highest BCUT2D eigenvalue weighted by atomic mass is 16.4. The molecule has 2 amide bonds. The monoisotopic (exact) mass is 428 g/mol. The molecule has 31 heavy (non-hydrogen) atoms. The smallest absolute Gasteiger partial charge is 0.306 e. The largest absolute Gasteiger partial charge is 0.481 e. The summed E-state index contributed by atoms with van der Waals surface area (Å²) in [7, 11) is 0. The van der Waals surface area contributed by atoms with E-state index in [0.29, 0.717) is 49.0 Å². The van der Waals surface area contributed by atoms with Gasteiger partial charge in [0.05, 0.1) is 17.7 Å². The molecule has 1 saturated heterocycles. The molecule has 1 aliphatic heterocycles. The van der Waals surface area contributed by atoms with E-state index < -0.39 is 5.97 Å². The zero-order valence-electron chi connectivity index (χ0n) is 18.1. The molecule has 0 spiro atoms. The summed E-state index contributed by atoms with van der Waals surface area (Å²) in [6.45, 7) is 2.82. The standard InChI is InChI=1S/C23H32N4O4/c1-13-19(22(29)25-21-17-7-14-6-15(9-17)10-18(21)8-14)11-24-27(13)12-20(28)26-4-2-16(3-5-26)23(30)31/h11,14-18,21H,2-10,12H2,1H3,(H,25,29)(H,30,31). The number of likely N-dealkylation sites (tertiary alicyclic amines) is 1. The summed E-state index contributed by atoms with van der Waals surface area (Å²) in [6, 6.07) is 0.278. The average molecular weight is 429 g/mol. The number of aromatic nitrogens is 2. The van der Waals surface area contributed by atoms with Crippen LogP contribution in [0.1, 0.15) is 61.0 Å². The number of carbonyl (C=O) groups excluding carboxylic acids is 2. The van der Waals surface area contributed by atoms with Crippen LogP contribution in [0.3, 0.4) is 0 Å². The molecule has 0 unspecified atom stereocenters. The maximum absolute atomic E-state index is 13.0. The summed E-state index contributed by atoms with van der Waals surface area (Å²) < 4.78 is 1.59. The number of piperidine rings is 1. The Morgan fingerprint density at radius 3 is 2.26 bits per heavy atom. The zero-order valence-corrected chi connectivity index (χ0v) is 18.1. The Morgan fingerprint density at radius 2 is 1.68 bits per heavy atom. The highest BCUT2D eigenvalue weighted by Crippen LogP contribution is 2.53. The van der Waals surface area contributed by atoms with Crippen molar-refractivity contribution in [3.63, 3.8) is 0 Å². The van der Waals surface area contributed by atoms with Crippen molar-refractivity contribution in [2.45, 2.75) is 64.5 Å². The number of nitrogens with one attached hydrogen (secondary N) is 1. The van der Waals surface area contributed by atoms with Crippen molar-refractivity contribution >= 4 is 17.8 Å². The third-order valence-electron chi connectivity index (χ3n) is 8.35. The fourth-order valence-corrected chi connectivity index (χ4v) is 6.82. The first-order valence-electron chi connectivity index (χ1n) is 11.7. The van der Waals surface area contributed by atoms with Gasteiger partial charge in [-0.25, -0.2) is 0 Å². The fraction of sp³-hybridized carbons (Fsp3) is 0.739. The Hall–Kier alpha value is -2.38. The van der Waals surface area contributed by atoms with Gasteiger partial charge in [-0.15, -0.1) is 0 Å². The summed E-state index contributed by atoms with van der Waals surface area (Å²) in [5.41, 5.74) is 1.25. The molecule has 168 valence electrons. The first-order chi connectivity index (χ1) is 14.9. The molecule has 5 fully saturated rings. The minimum absolute atomic E-state index is 0.0732. The predicted molar refractivity (Wildman–Crippen MR) is 112 cm³/mol. The SMILES string of the molecule is Cc1c(C(=O)NC2C3CC4CC(C3)CC2C4)cnn1CC(=O)N1CCC(C(=O)O)CC1. The second kappa shape index (κ2) is 7.95. The lowest BCUT2D eigenvalue weighted by atomic mass is 9.54. The second-order valence-corrected chi connectivity index (χ2v) is 10.2. The molecule has 6 rings (SSSR count). The summed E-state index contributed by atoms with van der Waals surface area (Å²) in [6.07, 6.45) is 8.95. The molecule has 4 bridgehead atoms. The van der Waals surface area contributed by atoms with Gasteiger partial charge in [0.25, 0.3) is 5.91 Å². The topological polar surface area (TPSA) is 105 Å². The summed E-state index contributed by atoms with van der Waals surface area (Å²) >= 11 is 0. The van der Waals surface area contributed by atoms with Crippen LogP contribution in [0, 0.1) is 36.5 Å². The maximum Gasteiger partial charge on any atom is 0.306 e. The number of hydrogen-bond acceptors (Lipinski definition) is 4. The van der Waals surface area contributed by atoms with Crippen LogP contribution in [0.4, 0.5) is 0 Å². The van der Waals surface area contributed by atoms with Gasteiger partial charge in [0, 0.05) is 24.8 Å². The molecule has 2 N–H and O–H groups in total. The maximum atomic E-state index is 13.0. The van der Waals surface area contributed by atoms with Crippen molar-refractivity contribution in [2.24, 2.45) is 29.6 Å². The molecule has 2 heterocycles. The van der Waals surface area contributed by atoms with Crippen molar-refractivity contribution in [3.05, 3.63) is 17.5 Å². The van der Waals surface area contributed by atoms with Crippen molar-refractivity contribution in [1.82, 2.24) is 20.0 Å². The summed E-state index contributed by atoms with van der Waals surface area (Å²) in [5, 5.41) is 16.8. The number of amides is 2.